The van der Waals surface area contributed by atoms with E-state index in [9.17, 15) is 4.79 Å². The van der Waals surface area contributed by atoms with E-state index in [1.807, 2.05) is 12.1 Å². The minimum Gasteiger partial charge on any atom is -0.467 e. The van der Waals surface area contributed by atoms with Gasteiger partial charge in [-0.2, -0.15) is 0 Å². The number of hydrogen-bond acceptors (Lipinski definition) is 3. The van der Waals surface area contributed by atoms with Crippen LogP contribution >= 0.6 is 0 Å². The Morgan fingerprint density at radius 1 is 1.62 bits per heavy atom. The van der Waals surface area contributed by atoms with Crippen molar-refractivity contribution in [2.24, 2.45) is 0 Å². The van der Waals surface area contributed by atoms with Gasteiger partial charge in [0.1, 0.15) is 12.4 Å². The van der Waals surface area contributed by atoms with Gasteiger partial charge in [0.2, 0.25) is 6.41 Å². The average molecular weight is 183 g/mol. The summed E-state index contributed by atoms with van der Waals surface area (Å²) in [5.41, 5.74) is 0. The largest absolute Gasteiger partial charge is 0.467 e. The Bertz CT molecular complexity index is 221. The SMILES string of the molecule is O=CNCCCOCc1ccco1. The molecule has 0 radical (unpaired) electrons. The molecule has 0 fully saturated rings. The first-order chi connectivity index (χ1) is 6.43. The van der Waals surface area contributed by atoms with Crippen LogP contribution in [0.4, 0.5) is 0 Å². The summed E-state index contributed by atoms with van der Waals surface area (Å²) >= 11 is 0. The molecule has 13 heavy (non-hydrogen) atoms. The number of nitrogens with one attached hydrogen (secondary N) is 1. The quantitative estimate of drug-likeness (QED) is 0.505. The van der Waals surface area contributed by atoms with Crippen LogP contribution in [0, 0.1) is 0 Å². The Morgan fingerprint density at radius 3 is 3.23 bits per heavy atom. The molecule has 0 spiro atoms. The first-order valence-electron chi connectivity index (χ1n) is 4.20. The number of carbonyl (C=O) groups excluding carboxylic acids is 1. The van der Waals surface area contributed by atoms with Gasteiger partial charge in [-0.1, -0.05) is 0 Å². The van der Waals surface area contributed by atoms with Crippen molar-refractivity contribution in [3.05, 3.63) is 24.2 Å². The Labute approximate surface area is 76.9 Å². The van der Waals surface area contributed by atoms with Crippen LogP contribution in [-0.4, -0.2) is 19.6 Å². The van der Waals surface area contributed by atoms with Crippen molar-refractivity contribution >= 4 is 6.41 Å². The van der Waals surface area contributed by atoms with Gasteiger partial charge in [0.25, 0.3) is 0 Å². The zero-order chi connectivity index (χ0) is 9.36. The molecule has 0 bridgehead atoms. The fraction of sp³-hybridized carbons (Fsp3) is 0.444. The van der Waals surface area contributed by atoms with Gasteiger partial charge in [-0.3, -0.25) is 4.79 Å². The van der Waals surface area contributed by atoms with Gasteiger partial charge in [-0.15, -0.1) is 0 Å². The summed E-state index contributed by atoms with van der Waals surface area (Å²) in [7, 11) is 0. The molecule has 1 aromatic rings. The third-order valence-electron chi connectivity index (χ3n) is 1.52. The summed E-state index contributed by atoms with van der Waals surface area (Å²) in [5.74, 6) is 0.823. The molecule has 1 rings (SSSR count). The third-order valence-corrected chi connectivity index (χ3v) is 1.52. The molecule has 0 aliphatic carbocycles. The maximum Gasteiger partial charge on any atom is 0.207 e. The van der Waals surface area contributed by atoms with Crippen molar-refractivity contribution in [1.29, 1.82) is 0 Å². The fourth-order valence-corrected chi connectivity index (χ4v) is 0.903. The lowest BCUT2D eigenvalue weighted by atomic mass is 10.4. The van der Waals surface area contributed by atoms with Gasteiger partial charge in [-0.25, -0.2) is 0 Å². The molecule has 0 unspecified atom stereocenters. The van der Waals surface area contributed by atoms with Crippen LogP contribution in [0.3, 0.4) is 0 Å². The molecule has 72 valence electrons. The normalized spacial score (nSPS) is 9.85. The average Bonchev–Trinajstić information content (AvgIpc) is 2.63. The Balaban J connectivity index is 1.93. The summed E-state index contributed by atoms with van der Waals surface area (Å²) < 4.78 is 10.3. The smallest absolute Gasteiger partial charge is 0.207 e. The number of furan rings is 1. The van der Waals surface area contributed by atoms with E-state index in [0.29, 0.717) is 26.2 Å². The second kappa shape index (κ2) is 6.25. The van der Waals surface area contributed by atoms with Crippen LogP contribution in [0.5, 0.6) is 0 Å². The Kier molecular flexibility index (Phi) is 4.71. The maximum absolute atomic E-state index is 9.86. The topological polar surface area (TPSA) is 51.5 Å². The van der Waals surface area contributed by atoms with Crippen molar-refractivity contribution < 1.29 is 13.9 Å². The van der Waals surface area contributed by atoms with Gasteiger partial charge < -0.3 is 14.5 Å². The van der Waals surface area contributed by atoms with E-state index in [2.05, 4.69) is 5.32 Å². The molecule has 0 atom stereocenters. The van der Waals surface area contributed by atoms with E-state index in [-0.39, 0.29) is 0 Å². The van der Waals surface area contributed by atoms with Gasteiger partial charge in [-0.05, 0) is 18.6 Å². The predicted molar refractivity (Wildman–Crippen MR) is 47.0 cm³/mol. The second-order valence-electron chi connectivity index (χ2n) is 2.56. The van der Waals surface area contributed by atoms with E-state index in [4.69, 9.17) is 9.15 Å². The van der Waals surface area contributed by atoms with Crippen molar-refractivity contribution in [2.75, 3.05) is 13.2 Å². The molecule has 1 N–H and O–H groups in total. The van der Waals surface area contributed by atoms with Crippen LogP contribution in [0.2, 0.25) is 0 Å². The monoisotopic (exact) mass is 183 g/mol. The molecule has 0 aliphatic rings. The van der Waals surface area contributed by atoms with Crippen LogP contribution < -0.4 is 5.32 Å². The Morgan fingerprint density at radius 2 is 2.54 bits per heavy atom. The van der Waals surface area contributed by atoms with Crippen molar-refractivity contribution in [2.45, 2.75) is 13.0 Å². The summed E-state index contributed by atoms with van der Waals surface area (Å²) in [5, 5.41) is 2.56. The number of ether oxygens (including phenoxy) is 1. The van der Waals surface area contributed by atoms with Crippen LogP contribution in [0.1, 0.15) is 12.2 Å². The van der Waals surface area contributed by atoms with Crippen LogP contribution in [-0.2, 0) is 16.1 Å². The molecule has 0 saturated carbocycles. The molecular formula is C9H13NO3. The molecule has 1 amide bonds. The number of amides is 1. The van der Waals surface area contributed by atoms with Crippen LogP contribution in [0.25, 0.3) is 0 Å². The minimum absolute atomic E-state index is 0.494. The van der Waals surface area contributed by atoms with E-state index >= 15 is 0 Å². The van der Waals surface area contributed by atoms with Gasteiger partial charge in [0.15, 0.2) is 0 Å². The first kappa shape index (κ1) is 9.80. The molecule has 1 aromatic heterocycles. The zero-order valence-corrected chi connectivity index (χ0v) is 7.36. The highest BCUT2D eigenvalue weighted by Crippen LogP contribution is 2.01. The van der Waals surface area contributed by atoms with E-state index in [1.165, 1.54) is 0 Å². The Hall–Kier alpha value is -1.29. The molecule has 0 aliphatic heterocycles. The standard InChI is InChI=1S/C9H13NO3/c11-8-10-4-2-5-12-7-9-3-1-6-13-9/h1,3,6,8H,2,4-5,7H2,(H,10,11). The van der Waals surface area contributed by atoms with E-state index < -0.39 is 0 Å². The predicted octanol–water partition coefficient (Wildman–Crippen LogP) is 0.932. The second-order valence-corrected chi connectivity index (χ2v) is 2.56. The lowest BCUT2D eigenvalue weighted by Crippen LogP contribution is -2.13. The molecule has 1 heterocycles. The number of hydrogen-bond donors (Lipinski definition) is 1. The fourth-order valence-electron chi connectivity index (χ4n) is 0.903. The number of carbonyl (C=O) groups is 1. The number of rotatable bonds is 7. The maximum atomic E-state index is 9.86. The minimum atomic E-state index is 0.494. The van der Waals surface area contributed by atoms with E-state index in [1.54, 1.807) is 6.26 Å². The van der Waals surface area contributed by atoms with Crippen molar-refractivity contribution in [3.8, 4) is 0 Å². The third kappa shape index (κ3) is 4.32. The molecule has 0 aromatic carbocycles. The van der Waals surface area contributed by atoms with Crippen molar-refractivity contribution in [1.82, 2.24) is 5.32 Å². The van der Waals surface area contributed by atoms with Gasteiger partial charge in [0, 0.05) is 13.2 Å². The highest BCUT2D eigenvalue weighted by Gasteiger charge is 1.94. The zero-order valence-electron chi connectivity index (χ0n) is 7.36. The van der Waals surface area contributed by atoms with Gasteiger partial charge >= 0.3 is 0 Å². The molecule has 4 heteroatoms. The molecular weight excluding hydrogens is 170 g/mol. The summed E-state index contributed by atoms with van der Waals surface area (Å²) in [6.45, 7) is 1.78. The lowest BCUT2D eigenvalue weighted by molar-refractivity contribution is -0.109. The molecule has 0 saturated heterocycles. The first-order valence-corrected chi connectivity index (χ1v) is 4.20. The van der Waals surface area contributed by atoms with Gasteiger partial charge in [0.05, 0.1) is 6.26 Å². The van der Waals surface area contributed by atoms with E-state index in [0.717, 1.165) is 12.2 Å². The van der Waals surface area contributed by atoms with Crippen LogP contribution in [0.15, 0.2) is 22.8 Å². The highest BCUT2D eigenvalue weighted by molar-refractivity contribution is 5.45. The summed E-state index contributed by atoms with van der Waals surface area (Å²) in [4.78, 5) is 9.86. The molecule has 4 nitrogen and oxygen atoms in total. The van der Waals surface area contributed by atoms with Crippen molar-refractivity contribution in [3.63, 3.8) is 0 Å². The lowest BCUT2D eigenvalue weighted by Gasteiger charge is -2.00. The summed E-state index contributed by atoms with van der Waals surface area (Å²) in [6.07, 6.45) is 3.12. The highest BCUT2D eigenvalue weighted by atomic mass is 16.5. The summed E-state index contributed by atoms with van der Waals surface area (Å²) in [6, 6.07) is 3.69.